The van der Waals surface area contributed by atoms with Crippen LogP contribution in [0.5, 0.6) is 0 Å². The number of hydrogen-bond acceptors (Lipinski definition) is 4. The van der Waals surface area contributed by atoms with Crippen molar-refractivity contribution in [2.45, 2.75) is 38.1 Å². The SMILES string of the molecule is N=C(N)c1nccnc1N1CCCC2CCCC21. The maximum absolute atomic E-state index is 7.63. The van der Waals surface area contributed by atoms with E-state index in [2.05, 4.69) is 14.9 Å². The molecule has 2 fully saturated rings. The average molecular weight is 245 g/mol. The molecule has 1 aromatic heterocycles. The maximum Gasteiger partial charge on any atom is 0.158 e. The summed E-state index contributed by atoms with van der Waals surface area (Å²) in [6.07, 6.45) is 9.71. The van der Waals surface area contributed by atoms with Gasteiger partial charge in [0.1, 0.15) is 11.5 Å². The van der Waals surface area contributed by atoms with Gasteiger partial charge < -0.3 is 10.6 Å². The molecule has 5 heteroatoms. The van der Waals surface area contributed by atoms with Crippen LogP contribution in [-0.2, 0) is 0 Å². The number of nitrogens with two attached hydrogens (primary N) is 1. The molecule has 0 radical (unpaired) electrons. The first-order valence-corrected chi connectivity index (χ1v) is 6.69. The van der Waals surface area contributed by atoms with Crippen molar-refractivity contribution in [2.24, 2.45) is 11.7 Å². The molecule has 0 amide bonds. The highest BCUT2D eigenvalue weighted by Gasteiger charge is 2.36. The van der Waals surface area contributed by atoms with Crippen LogP contribution in [0.2, 0.25) is 0 Å². The number of rotatable bonds is 2. The minimum absolute atomic E-state index is 0.0122. The molecule has 1 aromatic rings. The predicted octanol–water partition coefficient (Wildman–Crippen LogP) is 1.53. The van der Waals surface area contributed by atoms with Crippen LogP contribution in [-0.4, -0.2) is 28.4 Å². The smallest absolute Gasteiger partial charge is 0.158 e. The standard InChI is InChI=1S/C13H19N5/c14-12(15)11-13(17-7-6-16-11)18-8-2-4-9-3-1-5-10(9)18/h6-7,9-10H,1-5,8H2,(H3,14,15). The number of aromatic nitrogens is 2. The monoisotopic (exact) mass is 245 g/mol. The molecule has 0 spiro atoms. The van der Waals surface area contributed by atoms with Gasteiger partial charge in [0.25, 0.3) is 0 Å². The Balaban J connectivity index is 1.96. The van der Waals surface area contributed by atoms with Crippen molar-refractivity contribution in [1.29, 1.82) is 5.41 Å². The van der Waals surface area contributed by atoms with Crippen LogP contribution in [0, 0.1) is 11.3 Å². The van der Waals surface area contributed by atoms with Gasteiger partial charge in [0.15, 0.2) is 5.82 Å². The van der Waals surface area contributed by atoms with E-state index >= 15 is 0 Å². The lowest BCUT2D eigenvalue weighted by atomic mass is 9.92. The van der Waals surface area contributed by atoms with Crippen LogP contribution in [0.4, 0.5) is 5.82 Å². The average Bonchev–Trinajstić information content (AvgIpc) is 2.86. The summed E-state index contributed by atoms with van der Waals surface area (Å²) in [4.78, 5) is 11.0. The highest BCUT2D eigenvalue weighted by molar-refractivity contribution is 5.97. The fraction of sp³-hybridized carbons (Fsp3) is 0.615. The van der Waals surface area contributed by atoms with E-state index < -0.39 is 0 Å². The van der Waals surface area contributed by atoms with Crippen LogP contribution in [0.25, 0.3) is 0 Å². The first-order valence-electron chi connectivity index (χ1n) is 6.69. The zero-order valence-corrected chi connectivity index (χ0v) is 10.5. The minimum Gasteiger partial charge on any atom is -0.382 e. The topological polar surface area (TPSA) is 78.9 Å². The fourth-order valence-corrected chi connectivity index (χ4v) is 3.45. The molecule has 96 valence electrons. The molecule has 0 aromatic carbocycles. The van der Waals surface area contributed by atoms with Crippen LogP contribution < -0.4 is 10.6 Å². The number of nitrogens with zero attached hydrogens (tertiary/aromatic N) is 3. The molecule has 2 aliphatic rings. The fourth-order valence-electron chi connectivity index (χ4n) is 3.45. The van der Waals surface area contributed by atoms with Gasteiger partial charge in [-0.05, 0) is 31.6 Å². The molecule has 0 bridgehead atoms. The second-order valence-electron chi connectivity index (χ2n) is 5.24. The molecular formula is C13H19N5. The van der Waals surface area contributed by atoms with Crippen molar-refractivity contribution in [1.82, 2.24) is 9.97 Å². The van der Waals surface area contributed by atoms with E-state index in [0.29, 0.717) is 11.7 Å². The molecule has 2 heterocycles. The lowest BCUT2D eigenvalue weighted by Crippen LogP contribution is -2.44. The number of fused-ring (bicyclic) bond motifs is 1. The van der Waals surface area contributed by atoms with E-state index in [4.69, 9.17) is 11.1 Å². The Labute approximate surface area is 107 Å². The van der Waals surface area contributed by atoms with Crippen molar-refractivity contribution >= 4 is 11.7 Å². The van der Waals surface area contributed by atoms with E-state index in [0.717, 1.165) is 18.3 Å². The zero-order chi connectivity index (χ0) is 12.5. The third-order valence-corrected chi connectivity index (χ3v) is 4.20. The maximum atomic E-state index is 7.63. The Hall–Kier alpha value is -1.65. The Kier molecular flexibility index (Phi) is 2.89. The molecule has 1 saturated carbocycles. The van der Waals surface area contributed by atoms with Crippen LogP contribution >= 0.6 is 0 Å². The number of nitrogens with one attached hydrogen (secondary N) is 1. The van der Waals surface area contributed by atoms with Crippen LogP contribution in [0.1, 0.15) is 37.8 Å². The minimum atomic E-state index is 0.0122. The van der Waals surface area contributed by atoms with Gasteiger partial charge in [0.05, 0.1) is 0 Å². The van der Waals surface area contributed by atoms with E-state index in [1.807, 2.05) is 0 Å². The summed E-state index contributed by atoms with van der Waals surface area (Å²) in [5, 5.41) is 7.63. The van der Waals surface area contributed by atoms with Gasteiger partial charge in [-0.15, -0.1) is 0 Å². The van der Waals surface area contributed by atoms with E-state index in [1.165, 1.54) is 32.1 Å². The molecule has 1 aliphatic carbocycles. The number of amidine groups is 1. The third kappa shape index (κ3) is 1.83. The van der Waals surface area contributed by atoms with Gasteiger partial charge >= 0.3 is 0 Å². The quantitative estimate of drug-likeness (QED) is 0.611. The summed E-state index contributed by atoms with van der Waals surface area (Å²) >= 11 is 0. The van der Waals surface area contributed by atoms with Gasteiger partial charge in [0.2, 0.25) is 0 Å². The molecule has 3 N–H and O–H groups in total. The highest BCUT2D eigenvalue weighted by Crippen LogP contribution is 2.38. The van der Waals surface area contributed by atoms with Crippen LogP contribution in [0.3, 0.4) is 0 Å². The summed E-state index contributed by atoms with van der Waals surface area (Å²) in [6.45, 7) is 1.01. The van der Waals surface area contributed by atoms with Gasteiger partial charge in [-0.25, -0.2) is 9.97 Å². The molecule has 3 rings (SSSR count). The Morgan fingerprint density at radius 2 is 2.00 bits per heavy atom. The van der Waals surface area contributed by atoms with E-state index in [-0.39, 0.29) is 5.84 Å². The van der Waals surface area contributed by atoms with Gasteiger partial charge in [-0.1, -0.05) is 6.42 Å². The summed E-state index contributed by atoms with van der Waals surface area (Å²) in [6, 6.07) is 0.577. The summed E-state index contributed by atoms with van der Waals surface area (Å²) < 4.78 is 0. The molecular weight excluding hydrogens is 226 g/mol. The zero-order valence-electron chi connectivity index (χ0n) is 10.5. The van der Waals surface area contributed by atoms with Crippen molar-refractivity contribution in [3.63, 3.8) is 0 Å². The molecule has 5 nitrogen and oxygen atoms in total. The lowest BCUT2D eigenvalue weighted by molar-refractivity contribution is 0.360. The Morgan fingerprint density at radius 3 is 2.83 bits per heavy atom. The second kappa shape index (κ2) is 4.55. The number of hydrogen-bond donors (Lipinski definition) is 2. The van der Waals surface area contributed by atoms with Gasteiger partial charge in [0, 0.05) is 25.0 Å². The Bertz CT molecular complexity index is 458. The number of piperidine rings is 1. The molecule has 1 saturated heterocycles. The largest absolute Gasteiger partial charge is 0.382 e. The number of anilines is 1. The first-order chi connectivity index (χ1) is 8.77. The second-order valence-corrected chi connectivity index (χ2v) is 5.24. The van der Waals surface area contributed by atoms with Crippen molar-refractivity contribution in [3.05, 3.63) is 18.1 Å². The number of nitrogen functional groups attached to an aromatic ring is 1. The molecule has 1 aliphatic heterocycles. The van der Waals surface area contributed by atoms with Crippen LogP contribution in [0.15, 0.2) is 12.4 Å². The predicted molar refractivity (Wildman–Crippen MR) is 70.8 cm³/mol. The lowest BCUT2D eigenvalue weighted by Gasteiger charge is -2.39. The van der Waals surface area contributed by atoms with Crippen molar-refractivity contribution in [2.75, 3.05) is 11.4 Å². The molecule has 2 unspecified atom stereocenters. The summed E-state index contributed by atoms with van der Waals surface area (Å²) in [5.74, 6) is 1.61. The van der Waals surface area contributed by atoms with Gasteiger partial charge in [-0.2, -0.15) is 0 Å². The Morgan fingerprint density at radius 1 is 1.22 bits per heavy atom. The third-order valence-electron chi connectivity index (χ3n) is 4.20. The highest BCUT2D eigenvalue weighted by atomic mass is 15.2. The summed E-state index contributed by atoms with van der Waals surface area (Å²) in [5.41, 5.74) is 6.14. The normalized spacial score (nSPS) is 27.0. The van der Waals surface area contributed by atoms with Crippen molar-refractivity contribution < 1.29 is 0 Å². The van der Waals surface area contributed by atoms with E-state index in [9.17, 15) is 0 Å². The van der Waals surface area contributed by atoms with Crippen molar-refractivity contribution in [3.8, 4) is 0 Å². The first kappa shape index (κ1) is 11.4. The molecule has 18 heavy (non-hydrogen) atoms. The summed E-state index contributed by atoms with van der Waals surface area (Å²) in [7, 11) is 0. The van der Waals surface area contributed by atoms with Gasteiger partial charge in [-0.3, -0.25) is 5.41 Å². The van der Waals surface area contributed by atoms with E-state index in [1.54, 1.807) is 12.4 Å². The molecule has 2 atom stereocenters.